The van der Waals surface area contributed by atoms with Gasteiger partial charge in [-0.1, -0.05) is 6.07 Å². The summed E-state index contributed by atoms with van der Waals surface area (Å²) in [5.74, 6) is 0.0461. The van der Waals surface area contributed by atoms with Crippen molar-refractivity contribution in [1.82, 2.24) is 35.3 Å². The van der Waals surface area contributed by atoms with E-state index < -0.39 is 11.9 Å². The maximum atomic E-state index is 12.4. The lowest BCUT2D eigenvalue weighted by molar-refractivity contribution is 0.0696. The molecule has 4 rings (SSSR count). The quantitative estimate of drug-likeness (QED) is 0.295. The van der Waals surface area contributed by atoms with Crippen LogP contribution in [0.1, 0.15) is 20.8 Å². The number of aryl methyl sites for hydroxylation is 1. The topological polar surface area (TPSA) is 169 Å². The Hall–Kier alpha value is -5.07. The fraction of sp³-hybridized carbons (Fsp3) is 0.136. The highest BCUT2D eigenvalue weighted by molar-refractivity contribution is 5.99. The summed E-state index contributed by atoms with van der Waals surface area (Å²) in [7, 11) is 4.78. The maximum Gasteiger partial charge on any atom is 0.337 e. The lowest BCUT2D eigenvalue weighted by atomic mass is 10.1. The van der Waals surface area contributed by atoms with Crippen LogP contribution in [0, 0.1) is 0 Å². The first kappa shape index (κ1) is 23.1. The van der Waals surface area contributed by atoms with Crippen LogP contribution in [0.3, 0.4) is 0 Å². The van der Waals surface area contributed by atoms with E-state index in [0.29, 0.717) is 34.3 Å². The second-order valence-electron chi connectivity index (χ2n) is 7.19. The van der Waals surface area contributed by atoms with Gasteiger partial charge in [0.2, 0.25) is 0 Å². The first-order chi connectivity index (χ1) is 16.9. The van der Waals surface area contributed by atoms with Crippen molar-refractivity contribution in [1.29, 1.82) is 0 Å². The molecule has 0 aliphatic rings. The highest BCUT2D eigenvalue weighted by atomic mass is 16.5. The number of ether oxygens (including phenoxy) is 1. The average Bonchev–Trinajstić information content (AvgIpc) is 3.30. The number of amides is 1. The van der Waals surface area contributed by atoms with Crippen molar-refractivity contribution < 1.29 is 19.4 Å². The summed E-state index contributed by atoms with van der Waals surface area (Å²) < 4.78 is 7.22. The number of nitrogens with zero attached hydrogens (tertiary/aromatic N) is 6. The number of carboxylic acids is 1. The Kier molecular flexibility index (Phi) is 6.48. The molecule has 1 aromatic carbocycles. The molecule has 0 bridgehead atoms. The standard InChI is InChI=1S/C22H21N9O4/c1-23-21(32)18-15(9-17(28-29-18)27-16-8-7-12(10-24-16)22(33)34)26-14-6-4-5-13(19(14)35-3)20-25-11-31(2)30-20/h4-11H,1-3H3,(H,23,32)(H,33,34)(H2,24,26,27,28). The molecule has 0 spiro atoms. The highest BCUT2D eigenvalue weighted by Crippen LogP contribution is 2.37. The van der Waals surface area contributed by atoms with Crippen molar-refractivity contribution in [2.45, 2.75) is 0 Å². The predicted octanol–water partition coefficient (Wildman–Crippen LogP) is 2.22. The fourth-order valence-corrected chi connectivity index (χ4v) is 3.20. The molecule has 0 unspecified atom stereocenters. The third kappa shape index (κ3) is 4.98. The van der Waals surface area contributed by atoms with E-state index in [-0.39, 0.29) is 17.1 Å². The molecule has 1 amide bonds. The molecule has 35 heavy (non-hydrogen) atoms. The third-order valence-electron chi connectivity index (χ3n) is 4.83. The number of rotatable bonds is 8. The Morgan fingerprint density at radius 2 is 1.86 bits per heavy atom. The molecule has 0 aliphatic heterocycles. The Morgan fingerprint density at radius 1 is 1.03 bits per heavy atom. The van der Waals surface area contributed by atoms with Gasteiger partial charge in [0.15, 0.2) is 23.1 Å². The van der Waals surface area contributed by atoms with Crippen LogP contribution in [0.15, 0.2) is 48.9 Å². The maximum absolute atomic E-state index is 12.4. The number of aromatic nitrogens is 6. The van der Waals surface area contributed by atoms with Gasteiger partial charge in [-0.25, -0.2) is 14.8 Å². The van der Waals surface area contributed by atoms with E-state index >= 15 is 0 Å². The van der Waals surface area contributed by atoms with Crippen molar-refractivity contribution >= 4 is 34.9 Å². The zero-order valence-corrected chi connectivity index (χ0v) is 19.0. The molecular weight excluding hydrogens is 454 g/mol. The number of benzene rings is 1. The monoisotopic (exact) mass is 475 g/mol. The molecule has 3 heterocycles. The fourth-order valence-electron chi connectivity index (χ4n) is 3.20. The van der Waals surface area contributed by atoms with Gasteiger partial charge in [-0.15, -0.1) is 10.2 Å². The normalized spacial score (nSPS) is 10.5. The van der Waals surface area contributed by atoms with Gasteiger partial charge in [0.1, 0.15) is 12.1 Å². The molecule has 4 aromatic rings. The van der Waals surface area contributed by atoms with Crippen LogP contribution in [-0.2, 0) is 7.05 Å². The third-order valence-corrected chi connectivity index (χ3v) is 4.83. The molecule has 0 radical (unpaired) electrons. The van der Waals surface area contributed by atoms with Crippen LogP contribution in [0.5, 0.6) is 5.75 Å². The van der Waals surface area contributed by atoms with Crippen molar-refractivity contribution in [3.05, 3.63) is 60.2 Å². The van der Waals surface area contributed by atoms with Crippen LogP contribution in [0.25, 0.3) is 11.4 Å². The lowest BCUT2D eigenvalue weighted by Crippen LogP contribution is -2.21. The van der Waals surface area contributed by atoms with Gasteiger partial charge in [0, 0.05) is 26.4 Å². The van der Waals surface area contributed by atoms with Gasteiger partial charge >= 0.3 is 5.97 Å². The molecule has 3 aromatic heterocycles. The molecule has 0 atom stereocenters. The number of anilines is 4. The summed E-state index contributed by atoms with van der Waals surface area (Å²) in [6, 6.07) is 9.89. The molecule has 0 aliphatic carbocycles. The summed E-state index contributed by atoms with van der Waals surface area (Å²) in [4.78, 5) is 31.8. The molecule has 0 saturated heterocycles. The largest absolute Gasteiger partial charge is 0.494 e. The summed E-state index contributed by atoms with van der Waals surface area (Å²) >= 11 is 0. The van der Waals surface area contributed by atoms with Crippen molar-refractivity contribution in [3.63, 3.8) is 0 Å². The van der Waals surface area contributed by atoms with Gasteiger partial charge < -0.3 is 25.8 Å². The number of carbonyl (C=O) groups is 2. The van der Waals surface area contributed by atoms with E-state index in [4.69, 9.17) is 9.84 Å². The minimum absolute atomic E-state index is 0.0494. The van der Waals surface area contributed by atoms with Crippen molar-refractivity contribution in [2.24, 2.45) is 7.05 Å². The van der Waals surface area contributed by atoms with E-state index in [0.717, 1.165) is 0 Å². The number of aromatic carboxylic acids is 1. The highest BCUT2D eigenvalue weighted by Gasteiger charge is 2.19. The average molecular weight is 475 g/mol. The number of carboxylic acid groups (broad SMARTS) is 1. The Balaban J connectivity index is 1.70. The van der Waals surface area contributed by atoms with E-state index in [1.165, 1.54) is 32.5 Å². The summed E-state index contributed by atoms with van der Waals surface area (Å²) in [5, 5.41) is 30.1. The van der Waals surface area contributed by atoms with Crippen LogP contribution >= 0.6 is 0 Å². The zero-order chi connectivity index (χ0) is 24.9. The number of methoxy groups -OCH3 is 1. The summed E-state index contributed by atoms with van der Waals surface area (Å²) in [6.45, 7) is 0. The Bertz CT molecular complexity index is 1390. The number of hydrogen-bond donors (Lipinski definition) is 4. The number of carbonyl (C=O) groups excluding carboxylic acids is 1. The van der Waals surface area contributed by atoms with Crippen LogP contribution in [0.2, 0.25) is 0 Å². The second-order valence-corrected chi connectivity index (χ2v) is 7.19. The Labute approximate surface area is 199 Å². The molecular formula is C22H21N9O4. The SMILES string of the molecule is CNC(=O)c1nnc(Nc2ccc(C(=O)O)cn2)cc1Nc1cccc(-c2ncn(C)n2)c1OC. The van der Waals surface area contributed by atoms with Gasteiger partial charge in [-0.05, 0) is 24.3 Å². The molecule has 0 fully saturated rings. The molecule has 178 valence electrons. The second kappa shape index (κ2) is 9.82. The van der Waals surface area contributed by atoms with Gasteiger partial charge in [-0.2, -0.15) is 5.10 Å². The van der Waals surface area contributed by atoms with Crippen LogP contribution in [0.4, 0.5) is 23.0 Å². The molecule has 4 N–H and O–H groups in total. The molecule has 13 nitrogen and oxygen atoms in total. The Morgan fingerprint density at radius 3 is 2.49 bits per heavy atom. The lowest BCUT2D eigenvalue weighted by Gasteiger charge is -2.16. The molecule has 13 heteroatoms. The minimum Gasteiger partial charge on any atom is -0.494 e. The number of pyridine rings is 1. The number of hydrogen-bond acceptors (Lipinski definition) is 10. The number of para-hydroxylation sites is 1. The predicted molar refractivity (Wildman–Crippen MR) is 126 cm³/mol. The first-order valence-corrected chi connectivity index (χ1v) is 10.3. The van der Waals surface area contributed by atoms with Crippen LogP contribution < -0.4 is 20.7 Å². The minimum atomic E-state index is -1.08. The van der Waals surface area contributed by atoms with Gasteiger partial charge in [0.05, 0.1) is 29.6 Å². The van der Waals surface area contributed by atoms with Gasteiger partial charge in [-0.3, -0.25) is 9.48 Å². The van der Waals surface area contributed by atoms with E-state index in [1.807, 2.05) is 6.07 Å². The van der Waals surface area contributed by atoms with E-state index in [2.05, 4.69) is 41.2 Å². The van der Waals surface area contributed by atoms with Crippen molar-refractivity contribution in [2.75, 3.05) is 24.8 Å². The first-order valence-electron chi connectivity index (χ1n) is 10.3. The molecule has 0 saturated carbocycles. The zero-order valence-electron chi connectivity index (χ0n) is 19.0. The van der Waals surface area contributed by atoms with Crippen molar-refractivity contribution in [3.8, 4) is 17.1 Å². The smallest absolute Gasteiger partial charge is 0.337 e. The summed E-state index contributed by atoms with van der Waals surface area (Å²) in [5.41, 5.74) is 1.64. The van der Waals surface area contributed by atoms with Crippen LogP contribution in [-0.4, -0.2) is 61.1 Å². The van der Waals surface area contributed by atoms with E-state index in [1.54, 1.807) is 36.3 Å². The number of nitrogens with one attached hydrogen (secondary N) is 3. The van der Waals surface area contributed by atoms with E-state index in [9.17, 15) is 9.59 Å². The summed E-state index contributed by atoms with van der Waals surface area (Å²) in [6.07, 6.45) is 2.80. The van der Waals surface area contributed by atoms with Gasteiger partial charge in [0.25, 0.3) is 5.91 Å².